The maximum Gasteiger partial charge on any atom is 0.319 e. The fraction of sp³-hybridized carbons (Fsp3) is 0.250. The topological polar surface area (TPSA) is 118 Å². The molecule has 0 aromatic heterocycles. The molecule has 0 unspecified atom stereocenters. The number of nitrogens with zero attached hydrogens (tertiary/aromatic N) is 1. The summed E-state index contributed by atoms with van der Waals surface area (Å²) in [7, 11) is 2.69. The van der Waals surface area contributed by atoms with Gasteiger partial charge in [0.2, 0.25) is 11.8 Å². The highest BCUT2D eigenvalue weighted by atomic mass is 79.9. The first-order valence-electron chi connectivity index (χ1n) is 10.2. The number of carbonyl (C=O) groups is 3. The van der Waals surface area contributed by atoms with Gasteiger partial charge in [0.05, 0.1) is 41.1 Å². The number of amides is 2. The van der Waals surface area contributed by atoms with Gasteiger partial charge in [-0.25, -0.2) is 0 Å². The Morgan fingerprint density at radius 3 is 2.60 bits per heavy atom. The maximum atomic E-state index is 12.9. The minimum absolute atomic E-state index is 0.0891. The van der Waals surface area contributed by atoms with Gasteiger partial charge in [-0.2, -0.15) is 5.26 Å². The number of benzene rings is 2. The zero-order valence-corrected chi connectivity index (χ0v) is 22.1. The molecule has 2 N–H and O–H groups in total. The predicted octanol–water partition coefficient (Wildman–Crippen LogP) is 4.53. The fourth-order valence-corrected chi connectivity index (χ4v) is 5.15. The number of hydrogen-bond acceptors (Lipinski definition) is 7. The zero-order valence-electron chi connectivity index (χ0n) is 19.0. The van der Waals surface area contributed by atoms with Gasteiger partial charge in [0.1, 0.15) is 11.7 Å². The lowest BCUT2D eigenvalue weighted by Gasteiger charge is -2.31. The number of halogens is 2. The van der Waals surface area contributed by atoms with Crippen LogP contribution in [-0.4, -0.2) is 37.8 Å². The van der Waals surface area contributed by atoms with Crippen LogP contribution in [0.1, 0.15) is 17.0 Å². The second-order valence-electron chi connectivity index (χ2n) is 7.52. The van der Waals surface area contributed by atoms with Crippen molar-refractivity contribution < 1.29 is 23.9 Å². The van der Waals surface area contributed by atoms with Crippen molar-refractivity contribution in [2.75, 3.05) is 25.3 Å². The standard InChI is InChI=1S/C24H21BrClN3O5S/c1-12-4-6-14(9-17(12)26)28-19(30)11-35-23-15(10-27)20(21(22(31)29-23)24(32)34-3)13-5-7-18(33-2)16(25)8-13/h4-9,20-21H,11H2,1-3H3,(H,28,30)(H,29,31)/t20-,21-/m0/s1. The molecular formula is C24H21BrClN3O5S. The van der Waals surface area contributed by atoms with Crippen LogP contribution in [0.5, 0.6) is 5.75 Å². The quantitative estimate of drug-likeness (QED) is 0.366. The predicted molar refractivity (Wildman–Crippen MR) is 137 cm³/mol. The van der Waals surface area contributed by atoms with E-state index >= 15 is 0 Å². The summed E-state index contributed by atoms with van der Waals surface area (Å²) in [5.41, 5.74) is 2.09. The monoisotopic (exact) mass is 577 g/mol. The van der Waals surface area contributed by atoms with Crippen LogP contribution < -0.4 is 15.4 Å². The van der Waals surface area contributed by atoms with E-state index in [1.54, 1.807) is 36.4 Å². The van der Waals surface area contributed by atoms with Crippen LogP contribution >= 0.6 is 39.3 Å². The molecule has 0 bridgehead atoms. The highest BCUT2D eigenvalue weighted by Crippen LogP contribution is 2.42. The number of rotatable bonds is 7. The summed E-state index contributed by atoms with van der Waals surface area (Å²) in [6, 6.07) is 12.3. The summed E-state index contributed by atoms with van der Waals surface area (Å²) in [6.07, 6.45) is 0. The van der Waals surface area contributed by atoms with Crippen LogP contribution in [0.25, 0.3) is 0 Å². The number of nitriles is 1. The molecule has 2 aromatic rings. The summed E-state index contributed by atoms with van der Waals surface area (Å²) in [5, 5.41) is 16.1. The number of allylic oxidation sites excluding steroid dienone is 1. The van der Waals surface area contributed by atoms with Crippen molar-refractivity contribution in [1.29, 1.82) is 5.26 Å². The molecule has 0 aliphatic carbocycles. The van der Waals surface area contributed by atoms with Gasteiger partial charge in [-0.15, -0.1) is 0 Å². The number of esters is 1. The van der Waals surface area contributed by atoms with Crippen LogP contribution in [0, 0.1) is 24.2 Å². The van der Waals surface area contributed by atoms with Gasteiger partial charge in [-0.3, -0.25) is 14.4 Å². The number of anilines is 1. The van der Waals surface area contributed by atoms with E-state index in [4.69, 9.17) is 21.1 Å². The molecule has 1 heterocycles. The van der Waals surface area contributed by atoms with Crippen molar-refractivity contribution in [3.63, 3.8) is 0 Å². The summed E-state index contributed by atoms with van der Waals surface area (Å²) in [5.74, 6) is -3.48. The minimum atomic E-state index is -1.28. The van der Waals surface area contributed by atoms with Crippen LogP contribution in [0.15, 0.2) is 51.5 Å². The number of thioether (sulfide) groups is 1. The molecule has 0 radical (unpaired) electrons. The summed E-state index contributed by atoms with van der Waals surface area (Å²) < 4.78 is 10.7. The Balaban J connectivity index is 1.91. The molecule has 2 amide bonds. The molecule has 1 aliphatic heterocycles. The lowest BCUT2D eigenvalue weighted by Crippen LogP contribution is -2.44. The Morgan fingerprint density at radius 2 is 2.00 bits per heavy atom. The highest BCUT2D eigenvalue weighted by molar-refractivity contribution is 9.10. The van der Waals surface area contributed by atoms with Crippen molar-refractivity contribution in [2.24, 2.45) is 5.92 Å². The van der Waals surface area contributed by atoms with Gasteiger partial charge in [0, 0.05) is 16.6 Å². The fourth-order valence-electron chi connectivity index (χ4n) is 3.56. The second-order valence-corrected chi connectivity index (χ2v) is 9.76. The van der Waals surface area contributed by atoms with Crippen molar-refractivity contribution in [2.45, 2.75) is 12.8 Å². The Labute approximate surface area is 220 Å². The molecule has 0 saturated carbocycles. The van der Waals surface area contributed by atoms with Gasteiger partial charge in [0.25, 0.3) is 0 Å². The van der Waals surface area contributed by atoms with Crippen LogP contribution in [0.2, 0.25) is 5.02 Å². The summed E-state index contributed by atoms with van der Waals surface area (Å²) in [6.45, 7) is 1.85. The van der Waals surface area contributed by atoms with Gasteiger partial charge in [-0.1, -0.05) is 35.5 Å². The largest absolute Gasteiger partial charge is 0.496 e. The van der Waals surface area contributed by atoms with E-state index in [0.29, 0.717) is 26.5 Å². The number of aryl methyl sites for hydroxylation is 1. The van der Waals surface area contributed by atoms with E-state index in [9.17, 15) is 19.6 Å². The number of carbonyl (C=O) groups excluding carboxylic acids is 3. The van der Waals surface area contributed by atoms with Crippen LogP contribution in [0.3, 0.4) is 0 Å². The number of hydrogen-bond donors (Lipinski definition) is 2. The van der Waals surface area contributed by atoms with Crippen molar-refractivity contribution in [1.82, 2.24) is 5.32 Å². The average Bonchev–Trinajstić information content (AvgIpc) is 2.84. The number of nitrogens with one attached hydrogen (secondary N) is 2. The minimum Gasteiger partial charge on any atom is -0.496 e. The molecule has 2 atom stereocenters. The third kappa shape index (κ3) is 5.99. The Morgan fingerprint density at radius 1 is 1.26 bits per heavy atom. The Hall–Kier alpha value is -3.00. The molecular weight excluding hydrogens is 558 g/mol. The van der Waals surface area contributed by atoms with E-state index in [-0.39, 0.29) is 22.3 Å². The summed E-state index contributed by atoms with van der Waals surface area (Å²) >= 11 is 10.5. The van der Waals surface area contributed by atoms with Gasteiger partial charge >= 0.3 is 5.97 Å². The van der Waals surface area contributed by atoms with Gasteiger partial charge < -0.3 is 20.1 Å². The molecule has 2 aromatic carbocycles. The lowest BCUT2D eigenvalue weighted by atomic mass is 9.78. The average molecular weight is 579 g/mol. The Bertz CT molecular complexity index is 1260. The zero-order chi connectivity index (χ0) is 25.7. The third-order valence-electron chi connectivity index (χ3n) is 5.32. The molecule has 0 spiro atoms. The van der Waals surface area contributed by atoms with Gasteiger partial charge in [0.15, 0.2) is 0 Å². The molecule has 35 heavy (non-hydrogen) atoms. The Kier molecular flexibility index (Phi) is 8.83. The normalized spacial score (nSPS) is 17.3. The van der Waals surface area contributed by atoms with E-state index < -0.39 is 23.7 Å². The summed E-state index contributed by atoms with van der Waals surface area (Å²) in [4.78, 5) is 38.0. The molecule has 11 heteroatoms. The smallest absolute Gasteiger partial charge is 0.319 e. The van der Waals surface area contributed by atoms with Crippen molar-refractivity contribution in [3.8, 4) is 11.8 Å². The molecule has 3 rings (SSSR count). The number of methoxy groups -OCH3 is 2. The lowest BCUT2D eigenvalue weighted by molar-refractivity contribution is -0.150. The SMILES string of the molecule is COC(=O)[C@@H]1C(=O)NC(SCC(=O)Nc2ccc(C)c(Cl)c2)=C(C#N)[C@@H]1c1ccc(OC)c(Br)c1. The van der Waals surface area contributed by atoms with Gasteiger partial charge in [-0.05, 0) is 58.2 Å². The van der Waals surface area contributed by atoms with Crippen molar-refractivity contribution in [3.05, 3.63) is 67.6 Å². The van der Waals surface area contributed by atoms with E-state index in [1.165, 1.54) is 14.2 Å². The first kappa shape index (κ1) is 26.6. The number of ether oxygens (including phenoxy) is 2. The van der Waals surface area contributed by atoms with E-state index in [2.05, 4.69) is 32.6 Å². The molecule has 1 aliphatic rings. The van der Waals surface area contributed by atoms with E-state index in [1.807, 2.05) is 6.92 Å². The second kappa shape index (κ2) is 11.6. The van der Waals surface area contributed by atoms with Crippen molar-refractivity contribution >= 4 is 62.8 Å². The molecule has 8 nitrogen and oxygen atoms in total. The molecule has 182 valence electrons. The van der Waals surface area contributed by atoms with E-state index in [0.717, 1.165) is 17.3 Å². The molecule has 0 fully saturated rings. The van der Waals surface area contributed by atoms with Crippen LogP contribution in [0.4, 0.5) is 5.69 Å². The molecule has 0 saturated heterocycles. The van der Waals surface area contributed by atoms with Crippen LogP contribution in [-0.2, 0) is 19.1 Å². The first-order chi connectivity index (χ1) is 16.7. The third-order valence-corrected chi connectivity index (χ3v) is 7.37. The first-order valence-corrected chi connectivity index (χ1v) is 12.4. The highest BCUT2D eigenvalue weighted by Gasteiger charge is 2.44. The maximum absolute atomic E-state index is 12.9.